The minimum atomic E-state index is -0.452. The standard InChI is InChI=1S/C20H23FN6OS/c1-5-12-26-18(15-8-6-7-9-16(15)21)24-25-20(26)29-14(4)19(28)23-17-10-11-22-27(17)13(2)3/h5-11,13-14H,1,12H2,2-4H3,(H,23,28). The second kappa shape index (κ2) is 9.04. The molecule has 1 aromatic carbocycles. The number of nitrogens with zero attached hydrogens (tertiary/aromatic N) is 5. The first-order valence-electron chi connectivity index (χ1n) is 9.22. The van der Waals surface area contributed by atoms with Crippen molar-refractivity contribution in [2.24, 2.45) is 0 Å². The molecule has 1 atom stereocenters. The minimum absolute atomic E-state index is 0.127. The number of amides is 1. The molecular formula is C20H23FN6OS. The van der Waals surface area contributed by atoms with E-state index in [9.17, 15) is 9.18 Å². The van der Waals surface area contributed by atoms with E-state index >= 15 is 0 Å². The molecule has 3 aromatic rings. The first kappa shape index (κ1) is 20.8. The molecule has 0 fully saturated rings. The van der Waals surface area contributed by atoms with Crippen LogP contribution in [0.25, 0.3) is 11.4 Å². The van der Waals surface area contributed by atoms with Gasteiger partial charge in [-0.15, -0.1) is 16.8 Å². The van der Waals surface area contributed by atoms with Gasteiger partial charge in [-0.2, -0.15) is 5.10 Å². The van der Waals surface area contributed by atoms with Crippen LogP contribution in [0.4, 0.5) is 10.2 Å². The molecule has 2 heterocycles. The second-order valence-electron chi connectivity index (χ2n) is 6.69. The summed E-state index contributed by atoms with van der Waals surface area (Å²) in [4.78, 5) is 12.7. The highest BCUT2D eigenvalue weighted by Gasteiger charge is 2.22. The van der Waals surface area contributed by atoms with E-state index in [0.717, 1.165) is 0 Å². The molecule has 9 heteroatoms. The number of halogens is 1. The Morgan fingerprint density at radius 1 is 1.28 bits per heavy atom. The van der Waals surface area contributed by atoms with Crippen LogP contribution in [0, 0.1) is 5.82 Å². The maximum Gasteiger partial charge on any atom is 0.238 e. The van der Waals surface area contributed by atoms with Gasteiger partial charge in [0.25, 0.3) is 0 Å². The van der Waals surface area contributed by atoms with Gasteiger partial charge in [0.15, 0.2) is 11.0 Å². The molecule has 7 nitrogen and oxygen atoms in total. The summed E-state index contributed by atoms with van der Waals surface area (Å²) in [6, 6.07) is 8.27. The summed E-state index contributed by atoms with van der Waals surface area (Å²) < 4.78 is 17.7. The molecule has 1 N–H and O–H groups in total. The number of carbonyl (C=O) groups is 1. The average molecular weight is 415 g/mol. The van der Waals surface area contributed by atoms with E-state index in [-0.39, 0.29) is 17.8 Å². The molecule has 0 radical (unpaired) electrons. The van der Waals surface area contributed by atoms with Crippen molar-refractivity contribution < 1.29 is 9.18 Å². The van der Waals surface area contributed by atoms with Crippen molar-refractivity contribution in [3.63, 3.8) is 0 Å². The predicted octanol–water partition coefficient (Wildman–Crippen LogP) is 4.17. The van der Waals surface area contributed by atoms with Crippen LogP contribution in [0.15, 0.2) is 54.3 Å². The van der Waals surface area contributed by atoms with Crippen LogP contribution < -0.4 is 5.32 Å². The highest BCUT2D eigenvalue weighted by Crippen LogP contribution is 2.28. The molecule has 0 aliphatic rings. The monoisotopic (exact) mass is 414 g/mol. The maximum absolute atomic E-state index is 14.2. The van der Waals surface area contributed by atoms with Crippen LogP contribution in [-0.2, 0) is 11.3 Å². The smallest absolute Gasteiger partial charge is 0.238 e. The molecule has 0 bridgehead atoms. The molecule has 0 saturated heterocycles. The molecule has 0 aliphatic carbocycles. The highest BCUT2D eigenvalue weighted by atomic mass is 32.2. The SMILES string of the molecule is C=CCn1c(SC(C)C(=O)Nc2ccnn2C(C)C)nnc1-c1ccccc1F. The fourth-order valence-electron chi connectivity index (χ4n) is 2.78. The van der Waals surface area contributed by atoms with Crippen molar-refractivity contribution in [3.05, 3.63) is 55.0 Å². The zero-order chi connectivity index (χ0) is 21.0. The lowest BCUT2D eigenvalue weighted by Crippen LogP contribution is -2.25. The first-order chi connectivity index (χ1) is 13.9. The third-order valence-electron chi connectivity index (χ3n) is 4.21. The lowest BCUT2D eigenvalue weighted by molar-refractivity contribution is -0.115. The van der Waals surface area contributed by atoms with Gasteiger partial charge in [0, 0.05) is 18.7 Å². The lowest BCUT2D eigenvalue weighted by atomic mass is 10.2. The summed E-state index contributed by atoms with van der Waals surface area (Å²) in [6.07, 6.45) is 3.33. The Morgan fingerprint density at radius 2 is 2.03 bits per heavy atom. The van der Waals surface area contributed by atoms with Crippen LogP contribution in [0.5, 0.6) is 0 Å². The van der Waals surface area contributed by atoms with Gasteiger partial charge >= 0.3 is 0 Å². The van der Waals surface area contributed by atoms with Crippen LogP contribution >= 0.6 is 11.8 Å². The second-order valence-corrected chi connectivity index (χ2v) is 8.00. The number of benzene rings is 1. The Hall–Kier alpha value is -2.94. The van der Waals surface area contributed by atoms with Crippen LogP contribution in [0.3, 0.4) is 0 Å². The van der Waals surface area contributed by atoms with Crippen molar-refractivity contribution in [1.82, 2.24) is 24.5 Å². The Kier molecular flexibility index (Phi) is 6.48. The topological polar surface area (TPSA) is 77.6 Å². The number of hydrogen-bond acceptors (Lipinski definition) is 5. The normalized spacial score (nSPS) is 12.2. The molecule has 0 aliphatic heterocycles. The van der Waals surface area contributed by atoms with E-state index in [1.54, 1.807) is 52.7 Å². The molecule has 152 valence electrons. The fourth-order valence-corrected chi connectivity index (χ4v) is 3.63. The minimum Gasteiger partial charge on any atom is -0.310 e. The van der Waals surface area contributed by atoms with Gasteiger partial charge in [-0.1, -0.05) is 30.0 Å². The van der Waals surface area contributed by atoms with E-state index in [0.29, 0.717) is 28.9 Å². The van der Waals surface area contributed by atoms with Crippen molar-refractivity contribution in [3.8, 4) is 11.4 Å². The quantitative estimate of drug-likeness (QED) is 0.442. The first-order valence-corrected chi connectivity index (χ1v) is 10.1. The molecule has 1 unspecified atom stereocenters. The van der Waals surface area contributed by atoms with Crippen LogP contribution in [-0.4, -0.2) is 35.7 Å². The number of thioether (sulfide) groups is 1. The molecule has 2 aromatic heterocycles. The van der Waals surface area contributed by atoms with Gasteiger partial charge in [-0.25, -0.2) is 9.07 Å². The maximum atomic E-state index is 14.2. The van der Waals surface area contributed by atoms with Gasteiger partial charge < -0.3 is 5.32 Å². The Morgan fingerprint density at radius 3 is 2.72 bits per heavy atom. The highest BCUT2D eigenvalue weighted by molar-refractivity contribution is 8.00. The summed E-state index contributed by atoms with van der Waals surface area (Å²) in [6.45, 7) is 9.91. The number of carbonyl (C=O) groups excluding carboxylic acids is 1. The van der Waals surface area contributed by atoms with E-state index in [1.165, 1.54) is 17.8 Å². The van der Waals surface area contributed by atoms with Crippen LogP contribution in [0.1, 0.15) is 26.8 Å². The number of aromatic nitrogens is 5. The van der Waals surface area contributed by atoms with Crippen molar-refractivity contribution in [2.45, 2.75) is 43.8 Å². The zero-order valence-corrected chi connectivity index (χ0v) is 17.4. The molecule has 3 rings (SSSR count). The van der Waals surface area contributed by atoms with Gasteiger partial charge in [-0.3, -0.25) is 9.36 Å². The van der Waals surface area contributed by atoms with Crippen molar-refractivity contribution >= 4 is 23.5 Å². The van der Waals surface area contributed by atoms with Gasteiger partial charge in [0.05, 0.1) is 17.0 Å². The Bertz CT molecular complexity index is 1010. The molecule has 0 saturated carbocycles. The number of allylic oxidation sites excluding steroid dienone is 1. The lowest BCUT2D eigenvalue weighted by Gasteiger charge is -2.15. The molecule has 1 amide bonds. The third kappa shape index (κ3) is 4.56. The third-order valence-corrected chi connectivity index (χ3v) is 5.29. The molecular weight excluding hydrogens is 391 g/mol. The Balaban J connectivity index is 1.80. The summed E-state index contributed by atoms with van der Waals surface area (Å²) >= 11 is 1.25. The van der Waals surface area contributed by atoms with E-state index in [1.807, 2.05) is 13.8 Å². The van der Waals surface area contributed by atoms with Gasteiger partial charge in [0.2, 0.25) is 5.91 Å². The number of anilines is 1. The predicted molar refractivity (Wildman–Crippen MR) is 112 cm³/mol. The number of hydrogen-bond donors (Lipinski definition) is 1. The van der Waals surface area contributed by atoms with Crippen molar-refractivity contribution in [2.75, 3.05) is 5.32 Å². The van der Waals surface area contributed by atoms with Crippen molar-refractivity contribution in [1.29, 1.82) is 0 Å². The summed E-state index contributed by atoms with van der Waals surface area (Å²) in [7, 11) is 0. The fraction of sp³-hybridized carbons (Fsp3) is 0.300. The summed E-state index contributed by atoms with van der Waals surface area (Å²) in [5, 5.41) is 15.5. The Labute approximate surface area is 173 Å². The number of rotatable bonds is 8. The van der Waals surface area contributed by atoms with E-state index in [2.05, 4.69) is 27.2 Å². The molecule has 0 spiro atoms. The van der Waals surface area contributed by atoms with E-state index in [4.69, 9.17) is 0 Å². The summed E-state index contributed by atoms with van der Waals surface area (Å²) in [5.41, 5.74) is 0.353. The van der Waals surface area contributed by atoms with Gasteiger partial charge in [-0.05, 0) is 32.9 Å². The summed E-state index contributed by atoms with van der Waals surface area (Å²) in [5.74, 6) is 0.473. The average Bonchev–Trinajstić information content (AvgIpc) is 3.30. The molecule has 29 heavy (non-hydrogen) atoms. The van der Waals surface area contributed by atoms with E-state index < -0.39 is 5.25 Å². The van der Waals surface area contributed by atoms with Crippen LogP contribution in [0.2, 0.25) is 0 Å². The zero-order valence-electron chi connectivity index (χ0n) is 16.5. The number of nitrogens with one attached hydrogen (secondary N) is 1. The largest absolute Gasteiger partial charge is 0.310 e. The van der Waals surface area contributed by atoms with Gasteiger partial charge in [0.1, 0.15) is 11.6 Å².